The molecule has 0 bridgehead atoms. The van der Waals surface area contributed by atoms with Crippen LogP contribution in [0.1, 0.15) is 17.3 Å². The van der Waals surface area contributed by atoms with Crippen LogP contribution in [0.2, 0.25) is 0 Å². The molecule has 19 heavy (non-hydrogen) atoms. The van der Waals surface area contributed by atoms with Gasteiger partial charge >= 0.3 is 5.97 Å². The third-order valence-electron chi connectivity index (χ3n) is 2.00. The lowest BCUT2D eigenvalue weighted by Gasteiger charge is -2.01. The van der Waals surface area contributed by atoms with Crippen LogP contribution in [0.3, 0.4) is 0 Å². The molecule has 0 aromatic carbocycles. The summed E-state index contributed by atoms with van der Waals surface area (Å²) < 4.78 is 6.65. The SMILES string of the molecule is CCOC(=O)c1ccc(Sc2nnc(SC)s2)nc1. The highest BCUT2D eigenvalue weighted by atomic mass is 32.2. The zero-order valence-electron chi connectivity index (χ0n) is 10.3. The number of nitrogens with zero attached hydrogens (tertiary/aromatic N) is 3. The Bertz CT molecular complexity index is 557. The van der Waals surface area contributed by atoms with Gasteiger partial charge in [-0.2, -0.15) is 0 Å². The first-order valence-corrected chi connectivity index (χ1v) is 8.27. The molecule has 0 atom stereocenters. The number of carbonyl (C=O) groups is 1. The summed E-state index contributed by atoms with van der Waals surface area (Å²) in [4.78, 5) is 15.7. The lowest BCUT2D eigenvalue weighted by Crippen LogP contribution is -2.04. The van der Waals surface area contributed by atoms with Crippen LogP contribution >= 0.6 is 34.9 Å². The quantitative estimate of drug-likeness (QED) is 0.621. The fourth-order valence-corrected chi connectivity index (χ4v) is 3.51. The summed E-state index contributed by atoms with van der Waals surface area (Å²) in [6.45, 7) is 2.13. The summed E-state index contributed by atoms with van der Waals surface area (Å²) >= 11 is 4.51. The van der Waals surface area contributed by atoms with E-state index < -0.39 is 0 Å². The number of rotatable bonds is 5. The molecule has 2 aromatic heterocycles. The number of esters is 1. The Morgan fingerprint density at radius 3 is 2.74 bits per heavy atom. The van der Waals surface area contributed by atoms with Crippen LogP contribution in [0, 0.1) is 0 Å². The van der Waals surface area contributed by atoms with Crippen molar-refractivity contribution in [3.05, 3.63) is 23.9 Å². The van der Waals surface area contributed by atoms with Crippen molar-refractivity contribution in [2.45, 2.75) is 20.6 Å². The highest BCUT2D eigenvalue weighted by Crippen LogP contribution is 2.31. The van der Waals surface area contributed by atoms with E-state index in [2.05, 4.69) is 15.2 Å². The summed E-state index contributed by atoms with van der Waals surface area (Å²) in [5.41, 5.74) is 0.452. The third kappa shape index (κ3) is 3.92. The summed E-state index contributed by atoms with van der Waals surface area (Å²) in [5.74, 6) is -0.355. The number of pyridine rings is 1. The molecule has 0 unspecified atom stereocenters. The van der Waals surface area contributed by atoms with Gasteiger partial charge in [0.05, 0.1) is 12.2 Å². The predicted molar refractivity (Wildman–Crippen MR) is 76.0 cm³/mol. The molecule has 0 spiro atoms. The second-order valence-electron chi connectivity index (χ2n) is 3.25. The second kappa shape index (κ2) is 6.88. The Balaban J connectivity index is 2.04. The van der Waals surface area contributed by atoms with Crippen molar-refractivity contribution in [3.63, 3.8) is 0 Å². The molecule has 2 aromatic rings. The highest BCUT2D eigenvalue weighted by Gasteiger charge is 2.09. The number of hydrogen-bond acceptors (Lipinski definition) is 8. The van der Waals surface area contributed by atoms with Gasteiger partial charge in [-0.3, -0.25) is 0 Å². The Kier molecular flexibility index (Phi) is 5.17. The molecule has 0 aliphatic rings. The molecular formula is C11H11N3O2S3. The van der Waals surface area contributed by atoms with Crippen LogP contribution in [0.25, 0.3) is 0 Å². The van der Waals surface area contributed by atoms with Crippen LogP contribution in [-0.4, -0.2) is 34.0 Å². The molecule has 0 radical (unpaired) electrons. The molecule has 100 valence electrons. The Morgan fingerprint density at radius 1 is 1.37 bits per heavy atom. The number of carbonyl (C=O) groups excluding carboxylic acids is 1. The first-order chi connectivity index (χ1) is 9.22. The fraction of sp³-hybridized carbons (Fsp3) is 0.273. The third-order valence-corrected chi connectivity index (χ3v) is 4.90. The van der Waals surface area contributed by atoms with E-state index in [-0.39, 0.29) is 5.97 Å². The molecule has 0 aliphatic carbocycles. The molecule has 2 heterocycles. The number of aromatic nitrogens is 3. The first-order valence-electron chi connectivity index (χ1n) is 5.41. The molecule has 0 saturated heterocycles. The maximum Gasteiger partial charge on any atom is 0.339 e. The molecule has 5 nitrogen and oxygen atoms in total. The Hall–Kier alpha value is -1.12. The monoisotopic (exact) mass is 313 g/mol. The summed E-state index contributed by atoms with van der Waals surface area (Å²) in [6.07, 6.45) is 3.47. The van der Waals surface area contributed by atoms with E-state index in [9.17, 15) is 4.79 Å². The number of hydrogen-bond donors (Lipinski definition) is 0. The van der Waals surface area contributed by atoms with Gasteiger partial charge in [0.25, 0.3) is 0 Å². The molecule has 2 rings (SSSR count). The number of thioether (sulfide) groups is 1. The van der Waals surface area contributed by atoms with Crippen molar-refractivity contribution in [1.29, 1.82) is 0 Å². The Morgan fingerprint density at radius 2 is 2.16 bits per heavy atom. The van der Waals surface area contributed by atoms with E-state index in [4.69, 9.17) is 4.74 Å². The number of ether oxygens (including phenoxy) is 1. The summed E-state index contributed by atoms with van der Waals surface area (Å²) in [5, 5.41) is 8.83. The van der Waals surface area contributed by atoms with Crippen LogP contribution < -0.4 is 0 Å². The van der Waals surface area contributed by atoms with Gasteiger partial charge in [-0.05, 0) is 37.1 Å². The van der Waals surface area contributed by atoms with E-state index in [1.807, 2.05) is 6.26 Å². The van der Waals surface area contributed by atoms with Gasteiger partial charge in [-0.15, -0.1) is 10.2 Å². The van der Waals surface area contributed by atoms with Crippen molar-refractivity contribution in [3.8, 4) is 0 Å². The minimum atomic E-state index is -0.355. The van der Waals surface area contributed by atoms with E-state index in [1.165, 1.54) is 29.3 Å². The second-order valence-corrected chi connectivity index (χ2v) is 6.54. The summed E-state index contributed by atoms with van der Waals surface area (Å²) in [6, 6.07) is 3.47. The lowest BCUT2D eigenvalue weighted by molar-refractivity contribution is 0.0525. The zero-order chi connectivity index (χ0) is 13.7. The van der Waals surface area contributed by atoms with Gasteiger partial charge in [0.2, 0.25) is 0 Å². The van der Waals surface area contributed by atoms with Gasteiger partial charge in [0.15, 0.2) is 8.68 Å². The van der Waals surface area contributed by atoms with Crippen molar-refractivity contribution in [2.75, 3.05) is 12.9 Å². The standard InChI is InChI=1S/C11H11N3O2S3/c1-3-16-9(15)7-4-5-8(12-6-7)18-11-14-13-10(17-2)19-11/h4-6H,3H2,1-2H3. The van der Waals surface area contributed by atoms with Gasteiger partial charge in [0, 0.05) is 6.20 Å². The first kappa shape index (κ1) is 14.3. The smallest absolute Gasteiger partial charge is 0.339 e. The zero-order valence-corrected chi connectivity index (χ0v) is 12.8. The van der Waals surface area contributed by atoms with Crippen molar-refractivity contribution in [2.24, 2.45) is 0 Å². The van der Waals surface area contributed by atoms with Crippen LogP contribution in [0.5, 0.6) is 0 Å². The fourth-order valence-electron chi connectivity index (χ4n) is 1.19. The van der Waals surface area contributed by atoms with E-state index in [0.29, 0.717) is 12.2 Å². The van der Waals surface area contributed by atoms with Gasteiger partial charge in [0.1, 0.15) is 5.03 Å². The summed E-state index contributed by atoms with van der Waals surface area (Å²) in [7, 11) is 0. The van der Waals surface area contributed by atoms with Crippen molar-refractivity contribution in [1.82, 2.24) is 15.2 Å². The molecule has 0 N–H and O–H groups in total. The van der Waals surface area contributed by atoms with Crippen molar-refractivity contribution >= 4 is 40.8 Å². The maximum absolute atomic E-state index is 11.5. The van der Waals surface area contributed by atoms with Gasteiger partial charge in [-0.25, -0.2) is 9.78 Å². The maximum atomic E-state index is 11.5. The largest absolute Gasteiger partial charge is 0.462 e. The normalized spacial score (nSPS) is 10.4. The minimum Gasteiger partial charge on any atom is -0.462 e. The Labute approximate surface area is 123 Å². The van der Waals surface area contributed by atoms with Crippen molar-refractivity contribution < 1.29 is 9.53 Å². The lowest BCUT2D eigenvalue weighted by atomic mass is 10.3. The average molecular weight is 313 g/mol. The topological polar surface area (TPSA) is 65.0 Å². The molecule has 0 aliphatic heterocycles. The molecule has 0 fully saturated rings. The van der Waals surface area contributed by atoms with E-state index in [1.54, 1.807) is 30.8 Å². The molecule has 8 heteroatoms. The minimum absolute atomic E-state index is 0.355. The molecular weight excluding hydrogens is 302 g/mol. The van der Waals surface area contributed by atoms with Gasteiger partial charge in [-0.1, -0.05) is 23.1 Å². The van der Waals surface area contributed by atoms with Crippen LogP contribution in [-0.2, 0) is 4.74 Å². The van der Waals surface area contributed by atoms with Crippen LogP contribution in [0.4, 0.5) is 0 Å². The molecule has 0 saturated carbocycles. The van der Waals surface area contributed by atoms with Crippen LogP contribution in [0.15, 0.2) is 32.0 Å². The van der Waals surface area contributed by atoms with Gasteiger partial charge < -0.3 is 4.74 Å². The van der Waals surface area contributed by atoms with E-state index >= 15 is 0 Å². The van der Waals surface area contributed by atoms with E-state index in [0.717, 1.165) is 13.7 Å². The molecule has 0 amide bonds. The average Bonchev–Trinajstić information content (AvgIpc) is 2.87. The predicted octanol–water partition coefficient (Wildman–Crippen LogP) is 2.98. The highest BCUT2D eigenvalue weighted by molar-refractivity contribution is 8.02.